The van der Waals surface area contributed by atoms with Gasteiger partial charge in [-0.3, -0.25) is 0 Å². The van der Waals surface area contributed by atoms with Gasteiger partial charge >= 0.3 is 0 Å². The summed E-state index contributed by atoms with van der Waals surface area (Å²) in [4.78, 5) is 8.33. The maximum absolute atomic E-state index is 9.36. The highest BCUT2D eigenvalue weighted by Crippen LogP contribution is 2.38. The van der Waals surface area contributed by atoms with E-state index in [0.717, 1.165) is 24.4 Å². The van der Waals surface area contributed by atoms with E-state index in [2.05, 4.69) is 9.97 Å². The van der Waals surface area contributed by atoms with Gasteiger partial charge in [0.15, 0.2) is 0 Å². The van der Waals surface area contributed by atoms with Gasteiger partial charge in [0.25, 0.3) is 0 Å². The Bertz CT molecular complexity index is 324. The Morgan fingerprint density at radius 1 is 1.50 bits per heavy atom. The Balaban J connectivity index is 2.13. The van der Waals surface area contributed by atoms with Crippen LogP contribution in [0.1, 0.15) is 37.2 Å². The number of hydrogen-bond acceptors (Lipinski definition) is 4. The molecule has 1 saturated carbocycles. The third-order valence-corrected chi connectivity index (χ3v) is 2.18. The average molecular weight is 194 g/mol. The second-order valence-electron chi connectivity index (χ2n) is 3.49. The zero-order valence-corrected chi connectivity index (χ0v) is 8.23. The lowest BCUT2D eigenvalue weighted by Gasteiger charge is -2.03. The Morgan fingerprint density at radius 3 is 2.93 bits per heavy atom. The molecule has 1 aliphatic carbocycles. The minimum atomic E-state index is 0.0524. The largest absolute Gasteiger partial charge is 0.493 e. The molecule has 0 bridgehead atoms. The fourth-order valence-corrected chi connectivity index (χ4v) is 1.31. The summed E-state index contributed by atoms with van der Waals surface area (Å²) >= 11 is 0. The Labute approximate surface area is 83.0 Å². The molecule has 1 heterocycles. The Hall–Kier alpha value is -1.16. The Kier molecular flexibility index (Phi) is 2.63. The molecule has 4 nitrogen and oxygen atoms in total. The van der Waals surface area contributed by atoms with Crippen molar-refractivity contribution in [3.8, 4) is 5.88 Å². The SMILES string of the molecule is CCOCc1cc(O)nc(C2CC2)n1. The lowest BCUT2D eigenvalue weighted by Crippen LogP contribution is -2.00. The molecule has 76 valence electrons. The van der Waals surface area contributed by atoms with Crippen molar-refractivity contribution in [3.63, 3.8) is 0 Å². The van der Waals surface area contributed by atoms with E-state index < -0.39 is 0 Å². The maximum atomic E-state index is 9.36. The van der Waals surface area contributed by atoms with Crippen LogP contribution in [0.4, 0.5) is 0 Å². The molecular weight excluding hydrogens is 180 g/mol. The van der Waals surface area contributed by atoms with Gasteiger partial charge in [-0.05, 0) is 19.8 Å². The van der Waals surface area contributed by atoms with Gasteiger partial charge in [0, 0.05) is 18.6 Å². The third kappa shape index (κ3) is 2.20. The summed E-state index contributed by atoms with van der Waals surface area (Å²) in [5, 5.41) is 9.36. The molecule has 0 aromatic carbocycles. The predicted octanol–water partition coefficient (Wildman–Crippen LogP) is 1.60. The van der Waals surface area contributed by atoms with Gasteiger partial charge in [-0.25, -0.2) is 4.98 Å². The minimum Gasteiger partial charge on any atom is -0.493 e. The summed E-state index contributed by atoms with van der Waals surface area (Å²) in [5.41, 5.74) is 0.765. The predicted molar refractivity (Wildman–Crippen MR) is 51.0 cm³/mol. The van der Waals surface area contributed by atoms with Crippen LogP contribution in [-0.2, 0) is 11.3 Å². The molecule has 1 aliphatic rings. The average Bonchev–Trinajstić information content (AvgIpc) is 2.97. The van der Waals surface area contributed by atoms with Crippen LogP contribution >= 0.6 is 0 Å². The highest BCUT2D eigenvalue weighted by atomic mass is 16.5. The molecule has 2 rings (SSSR count). The summed E-state index contributed by atoms with van der Waals surface area (Å²) in [6, 6.07) is 1.56. The molecule has 0 radical (unpaired) electrons. The van der Waals surface area contributed by atoms with Crippen molar-refractivity contribution in [2.45, 2.75) is 32.3 Å². The molecule has 4 heteroatoms. The second kappa shape index (κ2) is 3.92. The molecule has 0 saturated heterocycles. The van der Waals surface area contributed by atoms with Crippen molar-refractivity contribution in [1.82, 2.24) is 9.97 Å². The van der Waals surface area contributed by atoms with Crippen molar-refractivity contribution >= 4 is 0 Å². The first kappa shape index (κ1) is 9.40. The lowest BCUT2D eigenvalue weighted by atomic mass is 10.3. The summed E-state index contributed by atoms with van der Waals surface area (Å²) in [7, 11) is 0. The zero-order valence-electron chi connectivity index (χ0n) is 8.23. The summed E-state index contributed by atoms with van der Waals surface area (Å²) < 4.78 is 5.23. The smallest absolute Gasteiger partial charge is 0.214 e. The van der Waals surface area contributed by atoms with Crippen LogP contribution in [0.5, 0.6) is 5.88 Å². The first-order chi connectivity index (χ1) is 6.79. The first-order valence-corrected chi connectivity index (χ1v) is 4.94. The van der Waals surface area contributed by atoms with Gasteiger partial charge in [0.2, 0.25) is 5.88 Å². The Morgan fingerprint density at radius 2 is 2.29 bits per heavy atom. The molecule has 0 amide bonds. The van der Waals surface area contributed by atoms with Crippen LogP contribution in [0.2, 0.25) is 0 Å². The third-order valence-electron chi connectivity index (χ3n) is 2.18. The van der Waals surface area contributed by atoms with Gasteiger partial charge in [0.05, 0.1) is 12.3 Å². The fourth-order valence-electron chi connectivity index (χ4n) is 1.31. The topological polar surface area (TPSA) is 55.2 Å². The van der Waals surface area contributed by atoms with E-state index in [1.54, 1.807) is 6.07 Å². The summed E-state index contributed by atoms with van der Waals surface area (Å²) in [5.74, 6) is 1.28. The molecule has 1 aromatic heterocycles. The molecule has 0 atom stereocenters. The van der Waals surface area contributed by atoms with Crippen molar-refractivity contribution in [2.24, 2.45) is 0 Å². The van der Waals surface area contributed by atoms with Crippen LogP contribution in [0.3, 0.4) is 0 Å². The zero-order chi connectivity index (χ0) is 9.97. The monoisotopic (exact) mass is 194 g/mol. The first-order valence-electron chi connectivity index (χ1n) is 4.94. The molecular formula is C10H14N2O2. The molecule has 1 N–H and O–H groups in total. The normalized spacial score (nSPS) is 15.8. The van der Waals surface area contributed by atoms with E-state index in [9.17, 15) is 5.11 Å². The molecule has 0 unspecified atom stereocenters. The van der Waals surface area contributed by atoms with E-state index in [0.29, 0.717) is 19.1 Å². The lowest BCUT2D eigenvalue weighted by molar-refractivity contribution is 0.130. The van der Waals surface area contributed by atoms with Crippen molar-refractivity contribution in [3.05, 3.63) is 17.6 Å². The summed E-state index contributed by atoms with van der Waals surface area (Å²) in [6.45, 7) is 3.04. The molecule has 1 fully saturated rings. The standard InChI is InChI=1S/C10H14N2O2/c1-2-14-6-8-5-9(13)12-10(11-8)7-3-4-7/h5,7H,2-4,6H2,1H3,(H,11,12,13). The molecule has 0 spiro atoms. The minimum absolute atomic E-state index is 0.0524. The maximum Gasteiger partial charge on any atom is 0.214 e. The quantitative estimate of drug-likeness (QED) is 0.790. The van der Waals surface area contributed by atoms with E-state index >= 15 is 0 Å². The van der Waals surface area contributed by atoms with Crippen LogP contribution in [0.25, 0.3) is 0 Å². The van der Waals surface area contributed by atoms with Gasteiger partial charge in [-0.2, -0.15) is 4.98 Å². The molecule has 0 aliphatic heterocycles. The number of ether oxygens (including phenoxy) is 1. The summed E-state index contributed by atoms with van der Waals surface area (Å²) in [6.07, 6.45) is 2.27. The number of aromatic nitrogens is 2. The van der Waals surface area contributed by atoms with Gasteiger partial charge in [-0.15, -0.1) is 0 Å². The second-order valence-corrected chi connectivity index (χ2v) is 3.49. The van der Waals surface area contributed by atoms with Crippen LogP contribution in [-0.4, -0.2) is 21.7 Å². The number of nitrogens with zero attached hydrogens (tertiary/aromatic N) is 2. The van der Waals surface area contributed by atoms with E-state index in [1.807, 2.05) is 6.92 Å². The molecule has 14 heavy (non-hydrogen) atoms. The number of hydrogen-bond donors (Lipinski definition) is 1. The van der Waals surface area contributed by atoms with Gasteiger partial charge in [-0.1, -0.05) is 0 Å². The highest BCUT2D eigenvalue weighted by molar-refractivity contribution is 5.18. The highest BCUT2D eigenvalue weighted by Gasteiger charge is 2.27. The van der Waals surface area contributed by atoms with Crippen LogP contribution in [0, 0.1) is 0 Å². The van der Waals surface area contributed by atoms with Crippen molar-refractivity contribution < 1.29 is 9.84 Å². The number of aromatic hydroxyl groups is 1. The van der Waals surface area contributed by atoms with E-state index in [-0.39, 0.29) is 5.88 Å². The van der Waals surface area contributed by atoms with Crippen LogP contribution in [0.15, 0.2) is 6.07 Å². The van der Waals surface area contributed by atoms with Crippen molar-refractivity contribution in [2.75, 3.05) is 6.61 Å². The molecule has 1 aromatic rings. The van der Waals surface area contributed by atoms with Crippen LogP contribution < -0.4 is 0 Å². The van der Waals surface area contributed by atoms with Crippen molar-refractivity contribution in [1.29, 1.82) is 0 Å². The van der Waals surface area contributed by atoms with Gasteiger partial charge in [0.1, 0.15) is 5.82 Å². The fraction of sp³-hybridized carbons (Fsp3) is 0.600. The van der Waals surface area contributed by atoms with E-state index in [4.69, 9.17) is 4.74 Å². The van der Waals surface area contributed by atoms with E-state index in [1.165, 1.54) is 0 Å². The van der Waals surface area contributed by atoms with Gasteiger partial charge < -0.3 is 9.84 Å². The number of rotatable bonds is 4.